The van der Waals surface area contributed by atoms with Crippen molar-refractivity contribution in [3.63, 3.8) is 0 Å². The predicted molar refractivity (Wildman–Crippen MR) is 172 cm³/mol. The minimum atomic E-state index is -0.518. The lowest BCUT2D eigenvalue weighted by atomic mass is 10.0. The summed E-state index contributed by atoms with van der Waals surface area (Å²) in [6, 6.07) is 19.0. The molecule has 234 valence electrons. The van der Waals surface area contributed by atoms with Crippen molar-refractivity contribution in [2.24, 2.45) is 0 Å². The van der Waals surface area contributed by atoms with Gasteiger partial charge in [0.2, 0.25) is 0 Å². The van der Waals surface area contributed by atoms with Gasteiger partial charge in [0.1, 0.15) is 17.2 Å². The number of benzene rings is 3. The van der Waals surface area contributed by atoms with Gasteiger partial charge in [0.15, 0.2) is 0 Å². The number of ether oxygens (including phenoxy) is 4. The molecule has 0 atom stereocenters. The minimum Gasteiger partial charge on any atom is -0.493 e. The van der Waals surface area contributed by atoms with Crippen molar-refractivity contribution >= 4 is 17.9 Å². The Morgan fingerprint density at radius 2 is 1.25 bits per heavy atom. The third kappa shape index (κ3) is 12.1. The maximum Gasteiger partial charge on any atom is 0.343 e. The van der Waals surface area contributed by atoms with E-state index >= 15 is 0 Å². The second-order valence-electron chi connectivity index (χ2n) is 10.7. The van der Waals surface area contributed by atoms with E-state index in [2.05, 4.69) is 13.5 Å². The van der Waals surface area contributed by atoms with Gasteiger partial charge in [-0.05, 0) is 98.3 Å². The van der Waals surface area contributed by atoms with Crippen LogP contribution in [-0.4, -0.2) is 31.1 Å². The number of hydrogen-bond acceptors (Lipinski definition) is 7. The van der Waals surface area contributed by atoms with Crippen LogP contribution in [0.25, 0.3) is 0 Å². The highest BCUT2D eigenvalue weighted by Crippen LogP contribution is 2.22. The van der Waals surface area contributed by atoms with Crippen molar-refractivity contribution in [1.29, 1.82) is 0 Å². The van der Waals surface area contributed by atoms with Crippen molar-refractivity contribution in [2.45, 2.75) is 78.1 Å². The molecule has 0 unspecified atom stereocenters. The smallest absolute Gasteiger partial charge is 0.343 e. The van der Waals surface area contributed by atoms with E-state index in [1.165, 1.54) is 50.5 Å². The van der Waals surface area contributed by atoms with Crippen molar-refractivity contribution in [1.82, 2.24) is 0 Å². The normalized spacial score (nSPS) is 10.6. The molecule has 0 bridgehead atoms. The number of unbranched alkanes of at least 4 members (excludes halogenated alkanes) is 7. The molecule has 3 aromatic rings. The Bertz CT molecular complexity index is 1340. The average molecular weight is 601 g/mol. The monoisotopic (exact) mass is 600 g/mol. The van der Waals surface area contributed by atoms with Crippen LogP contribution in [0, 0.1) is 6.92 Å². The van der Waals surface area contributed by atoms with Crippen LogP contribution in [-0.2, 0) is 16.0 Å². The van der Waals surface area contributed by atoms with Crippen LogP contribution in [0.3, 0.4) is 0 Å². The van der Waals surface area contributed by atoms with E-state index in [1.807, 2.05) is 31.2 Å². The fourth-order valence-electron chi connectivity index (χ4n) is 4.56. The van der Waals surface area contributed by atoms with E-state index in [1.54, 1.807) is 42.5 Å². The lowest BCUT2D eigenvalue weighted by Crippen LogP contribution is -2.11. The standard InChI is InChI=1S/C37H44O7/c1-4-6-7-8-9-10-11-14-29-15-20-32(21-16-29)43-36(39)30-17-22-33(23-18-30)44-37(40)31-19-24-34(28(3)27-31)41-25-12-13-26-42-35(38)5-2/h5,15-24,27H,2,4,6-14,25-26H2,1,3H3. The SMILES string of the molecule is C=CC(=O)OCCCCOc1ccc(C(=O)Oc2ccc(C(=O)Oc3ccc(CCCCCCCCC)cc3)cc2)cc1C. The second-order valence-corrected chi connectivity index (χ2v) is 10.7. The lowest BCUT2D eigenvalue weighted by molar-refractivity contribution is -0.137. The van der Waals surface area contributed by atoms with Gasteiger partial charge >= 0.3 is 17.9 Å². The first-order chi connectivity index (χ1) is 21.4. The maximum absolute atomic E-state index is 12.7. The van der Waals surface area contributed by atoms with Gasteiger partial charge in [0.05, 0.1) is 24.3 Å². The molecule has 0 saturated carbocycles. The molecular formula is C37H44O7. The zero-order chi connectivity index (χ0) is 31.6. The van der Waals surface area contributed by atoms with Crippen molar-refractivity contribution in [3.05, 3.63) is 102 Å². The molecule has 44 heavy (non-hydrogen) atoms. The van der Waals surface area contributed by atoms with E-state index in [9.17, 15) is 14.4 Å². The Morgan fingerprint density at radius 3 is 1.89 bits per heavy atom. The van der Waals surface area contributed by atoms with E-state index in [0.29, 0.717) is 54.4 Å². The summed E-state index contributed by atoms with van der Waals surface area (Å²) in [5.74, 6) is 0.0349. The van der Waals surface area contributed by atoms with Gasteiger partial charge < -0.3 is 18.9 Å². The highest BCUT2D eigenvalue weighted by molar-refractivity contribution is 5.93. The summed E-state index contributed by atoms with van der Waals surface area (Å²) in [6.07, 6.45) is 12.5. The van der Waals surface area contributed by atoms with Crippen LogP contribution < -0.4 is 14.2 Å². The Kier molecular flexibility index (Phi) is 14.7. The number of carbonyl (C=O) groups excluding carboxylic acids is 3. The molecule has 0 N–H and O–H groups in total. The number of rotatable bonds is 19. The topological polar surface area (TPSA) is 88.1 Å². The highest BCUT2D eigenvalue weighted by atomic mass is 16.5. The third-order valence-corrected chi connectivity index (χ3v) is 7.12. The first-order valence-corrected chi connectivity index (χ1v) is 15.6. The van der Waals surface area contributed by atoms with Gasteiger partial charge in [-0.2, -0.15) is 0 Å². The van der Waals surface area contributed by atoms with Crippen LogP contribution in [0.15, 0.2) is 79.4 Å². The Morgan fingerprint density at radius 1 is 0.682 bits per heavy atom. The Labute approximate surface area is 261 Å². The van der Waals surface area contributed by atoms with E-state index in [-0.39, 0.29) is 0 Å². The van der Waals surface area contributed by atoms with E-state index in [4.69, 9.17) is 18.9 Å². The predicted octanol–water partition coefficient (Wildman–Crippen LogP) is 8.61. The molecule has 7 nitrogen and oxygen atoms in total. The third-order valence-electron chi connectivity index (χ3n) is 7.12. The van der Waals surface area contributed by atoms with Gasteiger partial charge in [-0.1, -0.05) is 64.2 Å². The molecule has 0 aliphatic carbocycles. The second kappa shape index (κ2) is 19.0. The molecule has 3 rings (SSSR count). The molecule has 0 amide bonds. The first kappa shape index (κ1) is 34.1. The van der Waals surface area contributed by atoms with Crippen molar-refractivity contribution < 1.29 is 33.3 Å². The Balaban J connectivity index is 1.41. The number of carbonyl (C=O) groups is 3. The van der Waals surface area contributed by atoms with Crippen LogP contribution in [0.4, 0.5) is 0 Å². The molecule has 0 fully saturated rings. The molecular weight excluding hydrogens is 556 g/mol. The summed E-state index contributed by atoms with van der Waals surface area (Å²) in [5.41, 5.74) is 2.77. The summed E-state index contributed by atoms with van der Waals surface area (Å²) < 4.78 is 21.8. The molecule has 0 radical (unpaired) electrons. The average Bonchev–Trinajstić information content (AvgIpc) is 3.03. The van der Waals surface area contributed by atoms with Crippen molar-refractivity contribution in [2.75, 3.05) is 13.2 Å². The summed E-state index contributed by atoms with van der Waals surface area (Å²) in [6.45, 7) is 8.21. The first-order valence-electron chi connectivity index (χ1n) is 15.6. The largest absolute Gasteiger partial charge is 0.493 e. The molecule has 0 aromatic heterocycles. The lowest BCUT2D eigenvalue weighted by Gasteiger charge is -2.11. The van der Waals surface area contributed by atoms with Gasteiger partial charge in [-0.25, -0.2) is 14.4 Å². The minimum absolute atomic E-state index is 0.313. The quantitative estimate of drug-likeness (QED) is 0.0589. The number of esters is 3. The molecule has 3 aromatic carbocycles. The van der Waals surface area contributed by atoms with Crippen LogP contribution in [0.1, 0.15) is 96.6 Å². The zero-order valence-electron chi connectivity index (χ0n) is 26.0. The number of aryl methyl sites for hydroxylation is 2. The molecule has 0 heterocycles. The van der Waals surface area contributed by atoms with Crippen LogP contribution in [0.5, 0.6) is 17.2 Å². The molecule has 0 aliphatic heterocycles. The maximum atomic E-state index is 12.7. The Hall–Kier alpha value is -4.39. The van der Waals surface area contributed by atoms with Crippen LogP contribution >= 0.6 is 0 Å². The molecule has 7 heteroatoms. The summed E-state index contributed by atoms with van der Waals surface area (Å²) in [4.78, 5) is 36.4. The van der Waals surface area contributed by atoms with Gasteiger partial charge in [0.25, 0.3) is 0 Å². The van der Waals surface area contributed by atoms with Gasteiger partial charge in [-0.15, -0.1) is 0 Å². The summed E-state index contributed by atoms with van der Waals surface area (Å²) in [5, 5.41) is 0. The fourth-order valence-corrected chi connectivity index (χ4v) is 4.56. The molecule has 0 saturated heterocycles. The number of hydrogen-bond donors (Lipinski definition) is 0. The molecule has 0 spiro atoms. The zero-order valence-corrected chi connectivity index (χ0v) is 26.0. The van der Waals surface area contributed by atoms with Gasteiger partial charge in [-0.3, -0.25) is 0 Å². The van der Waals surface area contributed by atoms with Crippen LogP contribution in [0.2, 0.25) is 0 Å². The van der Waals surface area contributed by atoms with Gasteiger partial charge in [0, 0.05) is 6.08 Å². The molecule has 0 aliphatic rings. The summed E-state index contributed by atoms with van der Waals surface area (Å²) in [7, 11) is 0. The summed E-state index contributed by atoms with van der Waals surface area (Å²) >= 11 is 0. The van der Waals surface area contributed by atoms with Crippen molar-refractivity contribution in [3.8, 4) is 17.2 Å². The highest BCUT2D eigenvalue weighted by Gasteiger charge is 2.13. The fraction of sp³-hybridized carbons (Fsp3) is 0.378. The van der Waals surface area contributed by atoms with E-state index in [0.717, 1.165) is 18.1 Å². The van der Waals surface area contributed by atoms with E-state index < -0.39 is 17.9 Å².